The van der Waals surface area contributed by atoms with E-state index in [4.69, 9.17) is 18.8 Å². The monoisotopic (exact) mass is 641 g/mol. The standard InChI is InChI=1S/C45H27N3O2/c1-2-8-31(9-3-1)45-47-38(30-16-14-28(15-17-30)29-22-24-46-25-23-29)27-39(48-45)35-20-19-33(44-43(35)36-11-5-7-13-41(36)50-44)32-18-21-42-37(26-32)34-10-4-6-12-40(34)49-42/h1-27H. The first-order chi connectivity index (χ1) is 24.8. The van der Waals surface area contributed by atoms with Gasteiger partial charge in [0.15, 0.2) is 5.82 Å². The minimum absolute atomic E-state index is 0.665. The highest BCUT2D eigenvalue weighted by molar-refractivity contribution is 6.17. The number of hydrogen-bond acceptors (Lipinski definition) is 5. The van der Waals surface area contributed by atoms with Gasteiger partial charge in [-0.05, 0) is 65.2 Å². The van der Waals surface area contributed by atoms with Gasteiger partial charge in [-0.1, -0.05) is 103 Å². The fourth-order valence-electron chi connectivity index (χ4n) is 6.99. The molecule has 10 aromatic rings. The molecule has 0 radical (unpaired) electrons. The molecule has 0 atom stereocenters. The zero-order valence-corrected chi connectivity index (χ0v) is 26.7. The topological polar surface area (TPSA) is 65.0 Å². The second-order valence-corrected chi connectivity index (χ2v) is 12.4. The van der Waals surface area contributed by atoms with Crippen LogP contribution in [-0.2, 0) is 0 Å². The minimum Gasteiger partial charge on any atom is -0.456 e. The first kappa shape index (κ1) is 28.2. The van der Waals surface area contributed by atoms with E-state index in [1.54, 1.807) is 0 Å². The van der Waals surface area contributed by atoms with Crippen LogP contribution in [0.2, 0.25) is 0 Å². The number of benzene rings is 6. The number of fused-ring (bicyclic) bond motifs is 6. The summed E-state index contributed by atoms with van der Waals surface area (Å²) in [6, 6.07) is 51.9. The van der Waals surface area contributed by atoms with E-state index in [0.29, 0.717) is 5.82 Å². The Hall–Kier alpha value is -6.85. The fraction of sp³-hybridized carbons (Fsp3) is 0. The molecule has 4 aromatic heterocycles. The summed E-state index contributed by atoms with van der Waals surface area (Å²) in [6.45, 7) is 0. The van der Waals surface area contributed by atoms with Gasteiger partial charge in [0, 0.05) is 56.2 Å². The molecular weight excluding hydrogens is 615 g/mol. The summed E-state index contributed by atoms with van der Waals surface area (Å²) in [5.74, 6) is 0.665. The largest absolute Gasteiger partial charge is 0.456 e. The lowest BCUT2D eigenvalue weighted by molar-refractivity contribution is 0.668. The van der Waals surface area contributed by atoms with Gasteiger partial charge in [-0.2, -0.15) is 0 Å². The molecule has 5 heteroatoms. The lowest BCUT2D eigenvalue weighted by atomic mass is 9.95. The third kappa shape index (κ3) is 4.67. The summed E-state index contributed by atoms with van der Waals surface area (Å²) in [5.41, 5.74) is 12.3. The fourth-order valence-corrected chi connectivity index (χ4v) is 6.99. The Labute approximate surface area is 287 Å². The van der Waals surface area contributed by atoms with E-state index in [2.05, 4.69) is 96.0 Å². The number of nitrogens with zero attached hydrogens (tertiary/aromatic N) is 3. The number of pyridine rings is 1. The number of furan rings is 2. The minimum atomic E-state index is 0.665. The number of aromatic nitrogens is 3. The maximum absolute atomic E-state index is 6.69. The summed E-state index contributed by atoms with van der Waals surface area (Å²) in [4.78, 5) is 14.5. The van der Waals surface area contributed by atoms with Crippen molar-refractivity contribution in [2.75, 3.05) is 0 Å². The first-order valence-electron chi connectivity index (χ1n) is 16.6. The van der Waals surface area contributed by atoms with Crippen molar-refractivity contribution < 1.29 is 8.83 Å². The zero-order chi connectivity index (χ0) is 33.0. The maximum Gasteiger partial charge on any atom is 0.160 e. The molecule has 0 aliphatic carbocycles. The van der Waals surface area contributed by atoms with Crippen LogP contribution in [0.3, 0.4) is 0 Å². The van der Waals surface area contributed by atoms with Crippen molar-refractivity contribution in [1.82, 2.24) is 15.0 Å². The van der Waals surface area contributed by atoms with Crippen molar-refractivity contribution in [3.05, 3.63) is 164 Å². The highest BCUT2D eigenvalue weighted by atomic mass is 16.3. The molecule has 0 saturated heterocycles. The number of para-hydroxylation sites is 2. The van der Waals surface area contributed by atoms with Crippen molar-refractivity contribution in [2.45, 2.75) is 0 Å². The quantitative estimate of drug-likeness (QED) is 0.187. The molecule has 0 fully saturated rings. The summed E-state index contributed by atoms with van der Waals surface area (Å²) in [7, 11) is 0. The van der Waals surface area contributed by atoms with Crippen LogP contribution in [0, 0.1) is 0 Å². The lowest BCUT2D eigenvalue weighted by Crippen LogP contribution is -1.96. The summed E-state index contributed by atoms with van der Waals surface area (Å²) in [5, 5.41) is 4.23. The Kier molecular flexibility index (Phi) is 6.42. The molecule has 4 heterocycles. The Morgan fingerprint density at radius 2 is 1.00 bits per heavy atom. The SMILES string of the molecule is c1ccc(-c2nc(-c3ccc(-c4ccncc4)cc3)cc(-c3ccc(-c4ccc5oc6ccccc6c5c4)c4oc5ccccc5c34)n2)cc1. The molecular formula is C45H27N3O2. The second kappa shape index (κ2) is 11.4. The summed E-state index contributed by atoms with van der Waals surface area (Å²) in [6.07, 6.45) is 3.63. The second-order valence-electron chi connectivity index (χ2n) is 12.4. The van der Waals surface area contributed by atoms with Crippen molar-refractivity contribution >= 4 is 43.9 Å². The molecule has 0 N–H and O–H groups in total. The molecule has 10 rings (SSSR count). The van der Waals surface area contributed by atoms with Gasteiger partial charge in [0.2, 0.25) is 0 Å². The van der Waals surface area contributed by atoms with Crippen LogP contribution in [0.1, 0.15) is 0 Å². The molecule has 0 aliphatic rings. The van der Waals surface area contributed by atoms with Crippen molar-refractivity contribution in [2.24, 2.45) is 0 Å². The third-order valence-corrected chi connectivity index (χ3v) is 9.44. The van der Waals surface area contributed by atoms with Crippen LogP contribution >= 0.6 is 0 Å². The molecule has 0 bridgehead atoms. The predicted octanol–water partition coefficient (Wildman–Crippen LogP) is 12.0. The molecule has 0 amide bonds. The number of rotatable bonds is 5. The van der Waals surface area contributed by atoms with E-state index in [1.807, 2.05) is 73.1 Å². The Morgan fingerprint density at radius 3 is 1.82 bits per heavy atom. The van der Waals surface area contributed by atoms with Crippen molar-refractivity contribution in [1.29, 1.82) is 0 Å². The van der Waals surface area contributed by atoms with Crippen LogP contribution in [-0.4, -0.2) is 15.0 Å². The molecule has 50 heavy (non-hydrogen) atoms. The van der Waals surface area contributed by atoms with Gasteiger partial charge in [0.1, 0.15) is 22.3 Å². The highest BCUT2D eigenvalue weighted by Gasteiger charge is 2.20. The highest BCUT2D eigenvalue weighted by Crippen LogP contribution is 2.43. The van der Waals surface area contributed by atoms with Gasteiger partial charge in [-0.3, -0.25) is 4.98 Å². The molecule has 234 valence electrons. The summed E-state index contributed by atoms with van der Waals surface area (Å²) < 4.78 is 12.8. The first-order valence-corrected chi connectivity index (χ1v) is 16.6. The van der Waals surface area contributed by atoms with Crippen LogP contribution in [0.15, 0.2) is 173 Å². The van der Waals surface area contributed by atoms with Gasteiger partial charge in [-0.25, -0.2) is 9.97 Å². The van der Waals surface area contributed by atoms with Crippen LogP contribution in [0.5, 0.6) is 0 Å². The van der Waals surface area contributed by atoms with E-state index in [9.17, 15) is 0 Å². The van der Waals surface area contributed by atoms with Gasteiger partial charge in [0.25, 0.3) is 0 Å². The lowest BCUT2D eigenvalue weighted by Gasteiger charge is -2.12. The normalized spacial score (nSPS) is 11.6. The van der Waals surface area contributed by atoms with E-state index in [0.717, 1.165) is 94.2 Å². The van der Waals surface area contributed by atoms with E-state index >= 15 is 0 Å². The van der Waals surface area contributed by atoms with Crippen molar-refractivity contribution in [3.8, 4) is 56.2 Å². The van der Waals surface area contributed by atoms with Crippen molar-refractivity contribution in [3.63, 3.8) is 0 Å². The van der Waals surface area contributed by atoms with Gasteiger partial charge in [-0.15, -0.1) is 0 Å². The molecule has 0 spiro atoms. The van der Waals surface area contributed by atoms with E-state index < -0.39 is 0 Å². The Morgan fingerprint density at radius 1 is 0.380 bits per heavy atom. The van der Waals surface area contributed by atoms with Gasteiger partial charge in [0.05, 0.1) is 11.4 Å². The predicted molar refractivity (Wildman–Crippen MR) is 202 cm³/mol. The third-order valence-electron chi connectivity index (χ3n) is 9.44. The van der Waals surface area contributed by atoms with Crippen LogP contribution in [0.4, 0.5) is 0 Å². The smallest absolute Gasteiger partial charge is 0.160 e. The molecule has 0 aliphatic heterocycles. The molecule has 0 saturated carbocycles. The van der Waals surface area contributed by atoms with E-state index in [-0.39, 0.29) is 0 Å². The molecule has 5 nitrogen and oxygen atoms in total. The Bertz CT molecular complexity index is 2850. The number of hydrogen-bond donors (Lipinski definition) is 0. The zero-order valence-electron chi connectivity index (χ0n) is 26.7. The molecule has 6 aromatic carbocycles. The average molecular weight is 642 g/mol. The van der Waals surface area contributed by atoms with Crippen LogP contribution in [0.25, 0.3) is 100 Å². The van der Waals surface area contributed by atoms with Crippen LogP contribution < -0.4 is 0 Å². The molecule has 0 unspecified atom stereocenters. The maximum atomic E-state index is 6.69. The average Bonchev–Trinajstić information content (AvgIpc) is 3.77. The Balaban J connectivity index is 1.18. The van der Waals surface area contributed by atoms with E-state index in [1.165, 1.54) is 0 Å². The van der Waals surface area contributed by atoms with Gasteiger partial charge < -0.3 is 8.83 Å². The summed E-state index contributed by atoms with van der Waals surface area (Å²) >= 11 is 0. The van der Waals surface area contributed by atoms with Gasteiger partial charge >= 0.3 is 0 Å².